The molecule has 1 aromatic carbocycles. The van der Waals surface area contributed by atoms with Gasteiger partial charge in [-0.05, 0) is 25.0 Å². The number of carbonyl (C=O) groups is 1. The fraction of sp³-hybridized carbons (Fsp3) is 0.417. The minimum absolute atomic E-state index is 0.0772. The fourth-order valence-corrected chi connectivity index (χ4v) is 1.40. The molecule has 0 spiro atoms. The first-order chi connectivity index (χ1) is 8.32. The minimum Gasteiger partial charge on any atom is -0.459 e. The molecule has 5 nitrogen and oxygen atoms in total. The van der Waals surface area contributed by atoms with E-state index in [9.17, 15) is 14.9 Å². The van der Waals surface area contributed by atoms with Gasteiger partial charge in [0.1, 0.15) is 11.1 Å². The number of nitrogens with zero attached hydrogens (tertiary/aromatic N) is 1. The van der Waals surface area contributed by atoms with E-state index in [0.29, 0.717) is 0 Å². The number of esters is 1. The van der Waals surface area contributed by atoms with E-state index in [2.05, 4.69) is 0 Å². The number of halogens is 1. The summed E-state index contributed by atoms with van der Waals surface area (Å²) in [4.78, 5) is 21.7. The third-order valence-corrected chi connectivity index (χ3v) is 2.91. The average molecular weight is 272 g/mol. The van der Waals surface area contributed by atoms with Crippen LogP contribution in [0.5, 0.6) is 0 Å². The Kier molecular flexibility index (Phi) is 4.67. The molecule has 0 heterocycles. The quantitative estimate of drug-likeness (QED) is 0.478. The summed E-state index contributed by atoms with van der Waals surface area (Å²) in [7, 11) is 0. The number of hydrogen-bond acceptors (Lipinski definition) is 4. The molecule has 6 heteroatoms. The van der Waals surface area contributed by atoms with E-state index < -0.39 is 10.9 Å². The van der Waals surface area contributed by atoms with Crippen LogP contribution in [0.3, 0.4) is 0 Å². The first-order valence-corrected chi connectivity index (χ1v) is 5.85. The second kappa shape index (κ2) is 5.82. The standard InChI is InChI=1S/C12H14ClNO4/c1-7(2)8(3)18-12(15)9-4-5-11(14(16)17)10(13)6-9/h4-8H,1-3H3. The molecule has 0 aliphatic heterocycles. The number of ether oxygens (including phenoxy) is 1. The van der Waals surface area contributed by atoms with Gasteiger partial charge < -0.3 is 4.74 Å². The van der Waals surface area contributed by atoms with Gasteiger partial charge in [-0.2, -0.15) is 0 Å². The van der Waals surface area contributed by atoms with E-state index in [0.717, 1.165) is 0 Å². The van der Waals surface area contributed by atoms with Gasteiger partial charge in [0.05, 0.1) is 10.5 Å². The number of hydrogen-bond donors (Lipinski definition) is 0. The van der Waals surface area contributed by atoms with Gasteiger partial charge in [-0.15, -0.1) is 0 Å². The maximum atomic E-state index is 11.7. The maximum Gasteiger partial charge on any atom is 0.338 e. The van der Waals surface area contributed by atoms with Crippen LogP contribution in [-0.2, 0) is 4.74 Å². The molecule has 0 saturated heterocycles. The number of carbonyl (C=O) groups excluding carboxylic acids is 1. The molecule has 18 heavy (non-hydrogen) atoms. The molecule has 98 valence electrons. The van der Waals surface area contributed by atoms with Crippen molar-refractivity contribution in [2.24, 2.45) is 5.92 Å². The largest absolute Gasteiger partial charge is 0.459 e. The van der Waals surface area contributed by atoms with Crippen molar-refractivity contribution in [3.05, 3.63) is 38.9 Å². The third kappa shape index (κ3) is 3.43. The van der Waals surface area contributed by atoms with Crippen molar-refractivity contribution in [1.29, 1.82) is 0 Å². The highest BCUT2D eigenvalue weighted by molar-refractivity contribution is 6.33. The van der Waals surface area contributed by atoms with Crippen LogP contribution in [0.4, 0.5) is 5.69 Å². The van der Waals surface area contributed by atoms with Gasteiger partial charge in [0.15, 0.2) is 0 Å². The summed E-state index contributed by atoms with van der Waals surface area (Å²) in [6.07, 6.45) is -0.230. The molecule has 0 aliphatic carbocycles. The SMILES string of the molecule is CC(C)C(C)OC(=O)c1ccc([N+](=O)[O-])c(Cl)c1. The van der Waals surface area contributed by atoms with Crippen LogP contribution < -0.4 is 0 Å². The van der Waals surface area contributed by atoms with Crippen molar-refractivity contribution in [3.8, 4) is 0 Å². The molecule has 0 fully saturated rings. The second-order valence-corrected chi connectivity index (χ2v) is 4.68. The molecule has 1 atom stereocenters. The van der Waals surface area contributed by atoms with Gasteiger partial charge in [0.2, 0.25) is 0 Å². The first kappa shape index (κ1) is 14.4. The topological polar surface area (TPSA) is 69.4 Å². The Morgan fingerprint density at radius 1 is 1.39 bits per heavy atom. The summed E-state index contributed by atoms with van der Waals surface area (Å²) in [5, 5.41) is 10.5. The Morgan fingerprint density at radius 3 is 2.44 bits per heavy atom. The number of nitro benzene ring substituents is 1. The normalized spacial score (nSPS) is 12.3. The molecule has 1 unspecified atom stereocenters. The Bertz CT molecular complexity index is 473. The summed E-state index contributed by atoms with van der Waals surface area (Å²) in [5.41, 5.74) is -0.0248. The van der Waals surface area contributed by atoms with Crippen molar-refractivity contribution in [2.75, 3.05) is 0 Å². The Balaban J connectivity index is 2.88. The Labute approximate surface area is 110 Å². The van der Waals surface area contributed by atoms with Crippen molar-refractivity contribution in [1.82, 2.24) is 0 Å². The van der Waals surface area contributed by atoms with Crippen molar-refractivity contribution < 1.29 is 14.5 Å². The smallest absolute Gasteiger partial charge is 0.338 e. The van der Waals surface area contributed by atoms with Crippen LogP contribution in [0.15, 0.2) is 18.2 Å². The summed E-state index contributed by atoms with van der Waals surface area (Å²) < 4.78 is 5.19. The van der Waals surface area contributed by atoms with E-state index >= 15 is 0 Å². The highest BCUT2D eigenvalue weighted by atomic mass is 35.5. The van der Waals surface area contributed by atoms with Gasteiger partial charge in [0, 0.05) is 6.07 Å². The zero-order valence-corrected chi connectivity index (χ0v) is 11.1. The molecule has 1 rings (SSSR count). The van der Waals surface area contributed by atoms with Crippen LogP contribution >= 0.6 is 11.6 Å². The van der Waals surface area contributed by atoms with Crippen molar-refractivity contribution >= 4 is 23.3 Å². The monoisotopic (exact) mass is 271 g/mol. The number of rotatable bonds is 4. The Morgan fingerprint density at radius 2 is 2.00 bits per heavy atom. The predicted octanol–water partition coefficient (Wildman–Crippen LogP) is 3.45. The van der Waals surface area contributed by atoms with E-state index in [1.807, 2.05) is 13.8 Å². The molecule has 0 aromatic heterocycles. The van der Waals surface area contributed by atoms with Gasteiger partial charge >= 0.3 is 5.97 Å². The van der Waals surface area contributed by atoms with E-state index in [1.165, 1.54) is 18.2 Å². The molecule has 0 aliphatic rings. The summed E-state index contributed by atoms with van der Waals surface area (Å²) in [5.74, 6) is -0.338. The van der Waals surface area contributed by atoms with E-state index in [1.54, 1.807) is 6.92 Å². The maximum absolute atomic E-state index is 11.7. The molecule has 0 bridgehead atoms. The van der Waals surface area contributed by atoms with E-state index in [-0.39, 0.29) is 28.3 Å². The van der Waals surface area contributed by atoms with Crippen molar-refractivity contribution in [2.45, 2.75) is 26.9 Å². The van der Waals surface area contributed by atoms with Gasteiger partial charge in [-0.1, -0.05) is 25.4 Å². The average Bonchev–Trinajstić information content (AvgIpc) is 2.27. The fourth-order valence-electron chi connectivity index (χ4n) is 1.15. The minimum atomic E-state index is -0.603. The number of nitro groups is 1. The van der Waals surface area contributed by atoms with Crippen LogP contribution in [0.2, 0.25) is 5.02 Å². The first-order valence-electron chi connectivity index (χ1n) is 5.48. The molecule has 0 saturated carbocycles. The lowest BCUT2D eigenvalue weighted by Crippen LogP contribution is -2.20. The zero-order chi connectivity index (χ0) is 13.9. The number of benzene rings is 1. The molecular weight excluding hydrogens is 258 g/mol. The molecular formula is C12H14ClNO4. The molecule has 0 N–H and O–H groups in total. The highest BCUT2D eigenvalue weighted by Crippen LogP contribution is 2.25. The van der Waals surface area contributed by atoms with E-state index in [4.69, 9.17) is 16.3 Å². The predicted molar refractivity (Wildman–Crippen MR) is 67.8 cm³/mol. The summed E-state index contributed by atoms with van der Waals surface area (Å²) in [6.45, 7) is 5.65. The van der Waals surface area contributed by atoms with Gasteiger partial charge in [0.25, 0.3) is 5.69 Å². The van der Waals surface area contributed by atoms with Crippen molar-refractivity contribution in [3.63, 3.8) is 0 Å². The van der Waals surface area contributed by atoms with Gasteiger partial charge in [-0.25, -0.2) is 4.79 Å². The van der Waals surface area contributed by atoms with Crippen LogP contribution in [-0.4, -0.2) is 17.0 Å². The van der Waals surface area contributed by atoms with Crippen LogP contribution in [0, 0.1) is 16.0 Å². The summed E-state index contributed by atoms with van der Waals surface area (Å²) in [6, 6.07) is 3.77. The van der Waals surface area contributed by atoms with Gasteiger partial charge in [-0.3, -0.25) is 10.1 Å². The summed E-state index contributed by atoms with van der Waals surface area (Å²) >= 11 is 5.72. The van der Waals surface area contributed by atoms with Crippen LogP contribution in [0.25, 0.3) is 0 Å². The molecule has 0 radical (unpaired) electrons. The second-order valence-electron chi connectivity index (χ2n) is 4.28. The molecule has 0 amide bonds. The molecule has 1 aromatic rings. The Hall–Kier alpha value is -1.62. The third-order valence-electron chi connectivity index (χ3n) is 2.61. The highest BCUT2D eigenvalue weighted by Gasteiger charge is 2.18. The lowest BCUT2D eigenvalue weighted by Gasteiger charge is -2.16. The van der Waals surface area contributed by atoms with Crippen LogP contribution in [0.1, 0.15) is 31.1 Å². The lowest BCUT2D eigenvalue weighted by molar-refractivity contribution is -0.384. The zero-order valence-electron chi connectivity index (χ0n) is 10.3. The lowest BCUT2D eigenvalue weighted by atomic mass is 10.1.